The molecule has 2 heterocycles. The number of fused-ring (bicyclic) bond motifs is 1. The SMILES string of the molecule is COc1cc(NC(=O)NN(C)C)ccc1Oc1ccc(NC(=O)c2ccc(-n3cc(CN4CCC(O)CC4)c4ccccc43)cc2)cc1C. The molecule has 1 aliphatic heterocycles. The van der Waals surface area contributed by atoms with Gasteiger partial charge in [0.05, 0.1) is 18.7 Å². The third kappa shape index (κ3) is 8.03. The van der Waals surface area contributed by atoms with Crippen LogP contribution < -0.4 is 25.5 Å². The predicted molar refractivity (Wildman–Crippen MR) is 192 cm³/mol. The Morgan fingerprint density at radius 2 is 1.57 bits per heavy atom. The van der Waals surface area contributed by atoms with E-state index in [-0.39, 0.29) is 18.0 Å². The van der Waals surface area contributed by atoms with E-state index in [0.717, 1.165) is 49.2 Å². The summed E-state index contributed by atoms with van der Waals surface area (Å²) in [7, 11) is 4.98. The Balaban J connectivity index is 1.11. The van der Waals surface area contributed by atoms with Crippen LogP contribution in [0.25, 0.3) is 16.6 Å². The fraction of sp³-hybridized carbons (Fsp3) is 0.263. The first-order valence-corrected chi connectivity index (χ1v) is 16.3. The van der Waals surface area contributed by atoms with Crippen molar-refractivity contribution >= 4 is 34.2 Å². The summed E-state index contributed by atoms with van der Waals surface area (Å²) in [6.45, 7) is 4.51. The number of anilines is 2. The summed E-state index contributed by atoms with van der Waals surface area (Å²) in [5.41, 5.74) is 8.51. The third-order valence-electron chi connectivity index (χ3n) is 8.55. The molecule has 3 amide bonds. The quantitative estimate of drug-likeness (QED) is 0.125. The van der Waals surface area contributed by atoms with Crippen LogP contribution in [0.4, 0.5) is 16.2 Å². The molecular formula is C38H42N6O5. The smallest absolute Gasteiger partial charge is 0.333 e. The van der Waals surface area contributed by atoms with E-state index in [1.165, 1.54) is 18.1 Å². The number of aromatic nitrogens is 1. The molecule has 6 rings (SSSR count). The first-order valence-electron chi connectivity index (χ1n) is 16.3. The summed E-state index contributed by atoms with van der Waals surface area (Å²) >= 11 is 0. The van der Waals surface area contributed by atoms with E-state index in [2.05, 4.69) is 49.9 Å². The van der Waals surface area contributed by atoms with Crippen molar-refractivity contribution in [2.75, 3.05) is 44.9 Å². The molecule has 1 saturated heterocycles. The number of methoxy groups -OCH3 is 1. The van der Waals surface area contributed by atoms with Gasteiger partial charge in [0.25, 0.3) is 5.91 Å². The van der Waals surface area contributed by atoms with Crippen LogP contribution in [0.5, 0.6) is 17.2 Å². The van der Waals surface area contributed by atoms with Crippen molar-refractivity contribution in [3.8, 4) is 22.9 Å². The number of hydrogen-bond acceptors (Lipinski definition) is 7. The highest BCUT2D eigenvalue weighted by molar-refractivity contribution is 6.04. The number of para-hydroxylation sites is 1. The molecule has 0 saturated carbocycles. The number of carbonyl (C=O) groups is 2. The van der Waals surface area contributed by atoms with Gasteiger partial charge in [0.15, 0.2) is 11.5 Å². The van der Waals surface area contributed by atoms with Gasteiger partial charge in [0, 0.05) is 74.0 Å². The molecule has 5 aromatic rings. The number of hydrazine groups is 1. The third-order valence-corrected chi connectivity index (χ3v) is 8.55. The van der Waals surface area contributed by atoms with Crippen molar-refractivity contribution in [1.82, 2.24) is 19.9 Å². The van der Waals surface area contributed by atoms with E-state index < -0.39 is 0 Å². The summed E-state index contributed by atoms with van der Waals surface area (Å²) in [6, 6.07) is 26.2. The van der Waals surface area contributed by atoms with Crippen LogP contribution in [0.2, 0.25) is 0 Å². The lowest BCUT2D eigenvalue weighted by Crippen LogP contribution is -2.39. The zero-order valence-electron chi connectivity index (χ0n) is 28.2. The topological polar surface area (TPSA) is 120 Å². The summed E-state index contributed by atoms with van der Waals surface area (Å²) in [5.74, 6) is 1.32. The van der Waals surface area contributed by atoms with Crippen molar-refractivity contribution in [2.45, 2.75) is 32.4 Å². The minimum atomic E-state index is -0.375. The summed E-state index contributed by atoms with van der Waals surface area (Å²) in [5, 5.41) is 18.4. The molecule has 11 nitrogen and oxygen atoms in total. The van der Waals surface area contributed by atoms with Crippen LogP contribution in [0.15, 0.2) is 91.1 Å². The maximum atomic E-state index is 13.2. The number of hydrogen-bond donors (Lipinski definition) is 4. The number of aryl methyl sites for hydroxylation is 1. The van der Waals surface area contributed by atoms with Gasteiger partial charge >= 0.3 is 6.03 Å². The highest BCUT2D eigenvalue weighted by atomic mass is 16.5. The number of likely N-dealkylation sites (tertiary alicyclic amines) is 1. The number of nitrogens with zero attached hydrogens (tertiary/aromatic N) is 3. The first-order chi connectivity index (χ1) is 23.7. The maximum Gasteiger partial charge on any atom is 0.333 e. The van der Waals surface area contributed by atoms with Crippen LogP contribution in [-0.4, -0.2) is 71.9 Å². The lowest BCUT2D eigenvalue weighted by atomic mass is 10.1. The molecule has 1 aliphatic rings. The van der Waals surface area contributed by atoms with Gasteiger partial charge in [-0.05, 0) is 91.6 Å². The zero-order chi connectivity index (χ0) is 34.5. The Morgan fingerprint density at radius 3 is 2.27 bits per heavy atom. The molecule has 0 unspecified atom stereocenters. The standard InChI is InChI=1S/C38H42N6O5/c1-25-21-28(11-15-34(25)49-35-16-12-29(22-36(35)48-4)40-38(47)41-42(2)3)39-37(46)26-9-13-30(14-10-26)44-24-27(32-7-5-6-8-33(32)44)23-43-19-17-31(45)18-20-43/h5-16,21-22,24,31,45H,17-20,23H2,1-4H3,(H,39,46)(H2,40,41,47). The average molecular weight is 663 g/mol. The number of rotatable bonds is 10. The Kier molecular flexibility index (Phi) is 10.1. The van der Waals surface area contributed by atoms with Gasteiger partial charge in [-0.25, -0.2) is 9.80 Å². The van der Waals surface area contributed by atoms with Crippen molar-refractivity contribution in [3.05, 3.63) is 108 Å². The minimum Gasteiger partial charge on any atom is -0.493 e. The number of nitrogens with one attached hydrogen (secondary N) is 3. The molecule has 4 aromatic carbocycles. The summed E-state index contributed by atoms with van der Waals surface area (Å²) < 4.78 is 13.8. The molecule has 4 N–H and O–H groups in total. The van der Waals surface area contributed by atoms with Gasteiger partial charge in [0.1, 0.15) is 5.75 Å². The number of aliphatic hydroxyl groups is 1. The molecule has 11 heteroatoms. The Bertz CT molecular complexity index is 1950. The summed E-state index contributed by atoms with van der Waals surface area (Å²) in [6.07, 6.45) is 3.60. The van der Waals surface area contributed by atoms with E-state index in [1.807, 2.05) is 43.3 Å². The molecule has 0 radical (unpaired) electrons. The molecule has 49 heavy (non-hydrogen) atoms. The number of aliphatic hydroxyl groups excluding tert-OH is 1. The van der Waals surface area contributed by atoms with E-state index in [0.29, 0.717) is 34.2 Å². The lowest BCUT2D eigenvalue weighted by molar-refractivity contribution is 0.0794. The number of benzene rings is 4. The Hall–Kier alpha value is -5.36. The monoisotopic (exact) mass is 662 g/mol. The van der Waals surface area contributed by atoms with Gasteiger partial charge in [0.2, 0.25) is 0 Å². The van der Waals surface area contributed by atoms with Crippen LogP contribution >= 0.6 is 0 Å². The van der Waals surface area contributed by atoms with Crippen LogP contribution in [0, 0.1) is 6.92 Å². The average Bonchev–Trinajstić information content (AvgIpc) is 3.45. The largest absolute Gasteiger partial charge is 0.493 e. The maximum absolute atomic E-state index is 13.2. The molecule has 254 valence electrons. The second-order valence-electron chi connectivity index (χ2n) is 12.5. The van der Waals surface area contributed by atoms with Gasteiger partial charge < -0.3 is 29.8 Å². The number of urea groups is 1. The van der Waals surface area contributed by atoms with Crippen LogP contribution in [0.3, 0.4) is 0 Å². The molecule has 1 fully saturated rings. The molecule has 0 spiro atoms. The fourth-order valence-corrected chi connectivity index (χ4v) is 6.04. The number of amides is 3. The second kappa shape index (κ2) is 14.8. The van der Waals surface area contributed by atoms with Crippen molar-refractivity contribution < 1.29 is 24.2 Å². The van der Waals surface area contributed by atoms with Gasteiger partial charge in [-0.15, -0.1) is 0 Å². The molecular weight excluding hydrogens is 620 g/mol. The Labute approximate surface area is 286 Å². The second-order valence-corrected chi connectivity index (χ2v) is 12.5. The van der Waals surface area contributed by atoms with Gasteiger partial charge in [-0.3, -0.25) is 15.1 Å². The van der Waals surface area contributed by atoms with Gasteiger partial charge in [-0.2, -0.15) is 0 Å². The molecule has 1 aromatic heterocycles. The van der Waals surface area contributed by atoms with Crippen molar-refractivity contribution in [3.63, 3.8) is 0 Å². The van der Waals surface area contributed by atoms with Crippen molar-refractivity contribution in [1.29, 1.82) is 0 Å². The minimum absolute atomic E-state index is 0.195. The van der Waals surface area contributed by atoms with E-state index in [9.17, 15) is 14.7 Å². The molecule has 0 atom stereocenters. The number of ether oxygens (including phenoxy) is 2. The van der Waals surface area contributed by atoms with Gasteiger partial charge in [-0.1, -0.05) is 18.2 Å². The van der Waals surface area contributed by atoms with Crippen LogP contribution in [0.1, 0.15) is 34.3 Å². The summed E-state index contributed by atoms with van der Waals surface area (Å²) in [4.78, 5) is 27.7. The number of carbonyl (C=O) groups excluding carboxylic acids is 2. The highest BCUT2D eigenvalue weighted by Gasteiger charge is 2.19. The van der Waals surface area contributed by atoms with E-state index >= 15 is 0 Å². The Morgan fingerprint density at radius 1 is 0.878 bits per heavy atom. The van der Waals surface area contributed by atoms with E-state index in [1.54, 1.807) is 49.4 Å². The highest BCUT2D eigenvalue weighted by Crippen LogP contribution is 2.36. The lowest BCUT2D eigenvalue weighted by Gasteiger charge is -2.29. The van der Waals surface area contributed by atoms with Crippen molar-refractivity contribution in [2.24, 2.45) is 0 Å². The predicted octanol–water partition coefficient (Wildman–Crippen LogP) is 6.55. The normalized spacial score (nSPS) is 13.8. The van der Waals surface area contributed by atoms with Crippen LogP contribution in [-0.2, 0) is 6.54 Å². The molecule has 0 aliphatic carbocycles. The van der Waals surface area contributed by atoms with E-state index in [4.69, 9.17) is 9.47 Å². The molecule has 0 bridgehead atoms. The zero-order valence-corrected chi connectivity index (χ0v) is 28.2. The fourth-order valence-electron chi connectivity index (χ4n) is 6.04. The number of piperidine rings is 1. The first kappa shape index (κ1) is 33.5.